The minimum Gasteiger partial charge on any atom is -0.496 e. The van der Waals surface area contributed by atoms with Crippen LogP contribution in [0.25, 0.3) is 0 Å². The molecule has 1 unspecified atom stereocenters. The molecule has 1 saturated heterocycles. The number of carbonyl (C=O) groups is 1. The first-order valence-electron chi connectivity index (χ1n) is 10.7. The summed E-state index contributed by atoms with van der Waals surface area (Å²) in [4.78, 5) is 20.9. The van der Waals surface area contributed by atoms with E-state index in [0.717, 1.165) is 56.8 Å². The van der Waals surface area contributed by atoms with Gasteiger partial charge in [-0.3, -0.25) is 9.78 Å². The lowest BCUT2D eigenvalue weighted by molar-refractivity contribution is -0.138. The Hall–Kier alpha value is -1.92. The summed E-state index contributed by atoms with van der Waals surface area (Å²) in [6, 6.07) is 8.63. The van der Waals surface area contributed by atoms with Crippen molar-refractivity contribution in [2.75, 3.05) is 20.2 Å². The van der Waals surface area contributed by atoms with Crippen molar-refractivity contribution >= 4 is 17.2 Å². The van der Waals surface area contributed by atoms with Crippen LogP contribution < -0.4 is 10.1 Å². The van der Waals surface area contributed by atoms with E-state index in [-0.39, 0.29) is 5.41 Å². The van der Waals surface area contributed by atoms with Gasteiger partial charge in [0.2, 0.25) is 5.91 Å². The summed E-state index contributed by atoms with van der Waals surface area (Å²) in [7, 11) is 1.72. The predicted octanol–water partition coefficient (Wildman–Crippen LogP) is 4.13. The molecule has 2 aromatic heterocycles. The van der Waals surface area contributed by atoms with Crippen LogP contribution in [-0.4, -0.2) is 42.0 Å². The zero-order valence-electron chi connectivity index (χ0n) is 17.2. The number of ether oxygens (including phenoxy) is 1. The SMILES string of the molecule is COc1ccsc1CNCCC1(c2ccccn2)CCC(=O)N(C2CCCC2)C1. The van der Waals surface area contributed by atoms with Gasteiger partial charge in [0.1, 0.15) is 5.75 Å². The van der Waals surface area contributed by atoms with E-state index >= 15 is 0 Å². The molecule has 1 atom stereocenters. The van der Waals surface area contributed by atoms with Crippen molar-refractivity contribution in [1.82, 2.24) is 15.2 Å². The maximum Gasteiger partial charge on any atom is 0.222 e. The minimum atomic E-state index is -0.0652. The van der Waals surface area contributed by atoms with Gasteiger partial charge in [0.25, 0.3) is 0 Å². The maximum atomic E-state index is 12.7. The van der Waals surface area contributed by atoms with Crippen molar-refractivity contribution in [2.24, 2.45) is 0 Å². The third-order valence-corrected chi connectivity index (χ3v) is 7.48. The number of aromatic nitrogens is 1. The molecule has 1 N–H and O–H groups in total. The number of carbonyl (C=O) groups excluding carboxylic acids is 1. The van der Waals surface area contributed by atoms with Gasteiger partial charge >= 0.3 is 0 Å². The topological polar surface area (TPSA) is 54.5 Å². The molecule has 1 amide bonds. The van der Waals surface area contributed by atoms with Crippen LogP contribution in [0.3, 0.4) is 0 Å². The van der Waals surface area contributed by atoms with Gasteiger partial charge in [-0.25, -0.2) is 0 Å². The highest BCUT2D eigenvalue weighted by molar-refractivity contribution is 7.10. The molecule has 3 heterocycles. The first-order valence-corrected chi connectivity index (χ1v) is 11.6. The zero-order valence-corrected chi connectivity index (χ0v) is 18.0. The molecule has 1 aliphatic heterocycles. The second-order valence-corrected chi connectivity index (χ2v) is 9.29. The molecular formula is C23H31N3O2S. The number of nitrogens with one attached hydrogen (secondary N) is 1. The number of rotatable bonds is 8. The standard InChI is InChI=1S/C23H31N3O2S/c1-28-19-10-15-29-20(19)16-24-14-12-23(21-8-4-5-13-25-21)11-9-22(27)26(17-23)18-6-2-3-7-18/h4-5,8,10,13,15,18,24H,2-3,6-7,9,11-12,14,16-17H2,1H3. The van der Waals surface area contributed by atoms with Gasteiger partial charge in [0, 0.05) is 42.9 Å². The smallest absolute Gasteiger partial charge is 0.222 e. The lowest BCUT2D eigenvalue weighted by Crippen LogP contribution is -2.53. The molecule has 156 valence electrons. The van der Waals surface area contributed by atoms with Gasteiger partial charge in [0.05, 0.1) is 12.0 Å². The molecule has 6 heteroatoms. The Bertz CT molecular complexity index is 803. The summed E-state index contributed by atoms with van der Waals surface area (Å²) >= 11 is 1.72. The number of piperidine rings is 1. The summed E-state index contributed by atoms with van der Waals surface area (Å²) < 4.78 is 5.42. The highest BCUT2D eigenvalue weighted by atomic mass is 32.1. The predicted molar refractivity (Wildman–Crippen MR) is 116 cm³/mol. The van der Waals surface area contributed by atoms with E-state index in [1.165, 1.54) is 17.7 Å². The molecule has 1 saturated carbocycles. The number of likely N-dealkylation sites (tertiary alicyclic amines) is 1. The molecule has 0 aromatic carbocycles. The Morgan fingerprint density at radius 2 is 2.17 bits per heavy atom. The van der Waals surface area contributed by atoms with E-state index in [1.54, 1.807) is 18.4 Å². The number of hydrogen-bond acceptors (Lipinski definition) is 5. The largest absolute Gasteiger partial charge is 0.496 e. The van der Waals surface area contributed by atoms with Crippen LogP contribution in [0.1, 0.15) is 55.5 Å². The second-order valence-electron chi connectivity index (χ2n) is 8.29. The Labute approximate surface area is 177 Å². The number of nitrogens with zero attached hydrogens (tertiary/aromatic N) is 2. The average molecular weight is 414 g/mol. The molecule has 1 aliphatic carbocycles. The van der Waals surface area contributed by atoms with Crippen LogP contribution in [0, 0.1) is 0 Å². The summed E-state index contributed by atoms with van der Waals surface area (Å²) in [6.07, 6.45) is 9.18. The normalized spacial score (nSPS) is 22.9. The van der Waals surface area contributed by atoms with E-state index in [2.05, 4.69) is 27.7 Å². The van der Waals surface area contributed by atoms with E-state index in [1.807, 2.05) is 18.3 Å². The zero-order chi connectivity index (χ0) is 20.1. The fraction of sp³-hybridized carbons (Fsp3) is 0.565. The Balaban J connectivity index is 1.47. The maximum absolute atomic E-state index is 12.7. The van der Waals surface area contributed by atoms with Crippen molar-refractivity contribution in [3.63, 3.8) is 0 Å². The lowest BCUT2D eigenvalue weighted by Gasteiger charge is -2.45. The van der Waals surface area contributed by atoms with Gasteiger partial charge in [-0.2, -0.15) is 0 Å². The molecule has 5 nitrogen and oxygen atoms in total. The van der Waals surface area contributed by atoms with Gasteiger partial charge in [-0.1, -0.05) is 18.9 Å². The van der Waals surface area contributed by atoms with E-state index in [9.17, 15) is 4.79 Å². The minimum absolute atomic E-state index is 0.0652. The van der Waals surface area contributed by atoms with Crippen molar-refractivity contribution in [3.8, 4) is 5.75 Å². The van der Waals surface area contributed by atoms with E-state index in [4.69, 9.17) is 9.72 Å². The van der Waals surface area contributed by atoms with Crippen molar-refractivity contribution in [3.05, 3.63) is 46.4 Å². The molecule has 29 heavy (non-hydrogen) atoms. The number of hydrogen-bond donors (Lipinski definition) is 1. The quantitative estimate of drug-likeness (QED) is 0.661. The molecule has 0 bridgehead atoms. The van der Waals surface area contributed by atoms with Crippen molar-refractivity contribution in [2.45, 2.75) is 62.9 Å². The first-order chi connectivity index (χ1) is 14.2. The molecule has 2 fully saturated rings. The van der Waals surface area contributed by atoms with Crippen LogP contribution >= 0.6 is 11.3 Å². The average Bonchev–Trinajstić information content (AvgIpc) is 3.45. The summed E-state index contributed by atoms with van der Waals surface area (Å²) in [5.74, 6) is 1.29. The van der Waals surface area contributed by atoms with Gasteiger partial charge in [-0.15, -0.1) is 11.3 Å². The number of thiophene rings is 1. The van der Waals surface area contributed by atoms with Gasteiger partial charge < -0.3 is 15.0 Å². The molecule has 2 aromatic rings. The van der Waals surface area contributed by atoms with Gasteiger partial charge in [0.15, 0.2) is 0 Å². The third kappa shape index (κ3) is 4.48. The summed E-state index contributed by atoms with van der Waals surface area (Å²) in [6.45, 7) is 2.51. The van der Waals surface area contributed by atoms with Gasteiger partial charge in [-0.05, 0) is 55.8 Å². The van der Waals surface area contributed by atoms with Crippen LogP contribution in [0.15, 0.2) is 35.8 Å². The van der Waals surface area contributed by atoms with Crippen LogP contribution in [0.2, 0.25) is 0 Å². The molecule has 0 radical (unpaired) electrons. The molecule has 0 spiro atoms. The monoisotopic (exact) mass is 413 g/mol. The van der Waals surface area contributed by atoms with E-state index < -0.39 is 0 Å². The van der Waals surface area contributed by atoms with Crippen LogP contribution in [0.4, 0.5) is 0 Å². The summed E-state index contributed by atoms with van der Waals surface area (Å²) in [5.41, 5.74) is 1.07. The Morgan fingerprint density at radius 1 is 1.31 bits per heavy atom. The van der Waals surface area contributed by atoms with Crippen LogP contribution in [0.5, 0.6) is 5.75 Å². The van der Waals surface area contributed by atoms with E-state index in [0.29, 0.717) is 18.4 Å². The first kappa shape index (κ1) is 20.4. The highest BCUT2D eigenvalue weighted by Crippen LogP contribution is 2.39. The molecular weight excluding hydrogens is 382 g/mol. The molecule has 4 rings (SSSR count). The lowest BCUT2D eigenvalue weighted by atomic mass is 9.73. The number of methoxy groups -OCH3 is 1. The molecule has 2 aliphatic rings. The fourth-order valence-corrected chi connectivity index (χ4v) is 5.73. The Morgan fingerprint density at radius 3 is 2.93 bits per heavy atom. The van der Waals surface area contributed by atoms with Crippen molar-refractivity contribution in [1.29, 1.82) is 0 Å². The van der Waals surface area contributed by atoms with Crippen LogP contribution in [-0.2, 0) is 16.8 Å². The second kappa shape index (κ2) is 9.26. The highest BCUT2D eigenvalue weighted by Gasteiger charge is 2.43. The third-order valence-electron chi connectivity index (χ3n) is 6.57. The fourth-order valence-electron chi connectivity index (χ4n) is 4.92. The van der Waals surface area contributed by atoms with Crippen molar-refractivity contribution < 1.29 is 9.53 Å². The summed E-state index contributed by atoms with van der Waals surface area (Å²) in [5, 5.41) is 5.67. The number of amides is 1. The number of pyridine rings is 1. The Kier molecular flexibility index (Phi) is 6.50.